The summed E-state index contributed by atoms with van der Waals surface area (Å²) >= 11 is 0. The number of rotatable bonds is 4. The van der Waals surface area contributed by atoms with Crippen LogP contribution in [-0.4, -0.2) is 31.9 Å². The average Bonchev–Trinajstić information content (AvgIpc) is 3.09. The van der Waals surface area contributed by atoms with Crippen molar-refractivity contribution in [1.29, 1.82) is 0 Å². The first-order valence-electron chi connectivity index (χ1n) is 7.34. The molecule has 1 heterocycles. The fourth-order valence-corrected chi connectivity index (χ4v) is 2.10. The van der Waals surface area contributed by atoms with Crippen LogP contribution in [0.25, 0.3) is 0 Å². The number of carbonyl (C=O) groups is 2. The van der Waals surface area contributed by atoms with Gasteiger partial charge in [0.05, 0.1) is 13.3 Å². The molecule has 2 N–H and O–H groups in total. The third-order valence-electron chi connectivity index (χ3n) is 3.31. The first-order valence-corrected chi connectivity index (χ1v) is 7.34. The molecule has 0 radical (unpaired) electrons. The maximum atomic E-state index is 11.9. The van der Waals surface area contributed by atoms with Crippen molar-refractivity contribution in [2.45, 2.75) is 0 Å². The lowest BCUT2D eigenvalue weighted by molar-refractivity contribution is -0.136. The fourth-order valence-electron chi connectivity index (χ4n) is 2.10. The molecule has 2 aromatic rings. The van der Waals surface area contributed by atoms with Crippen LogP contribution in [0.4, 0.5) is 5.69 Å². The largest absolute Gasteiger partial charge is 0.497 e. The summed E-state index contributed by atoms with van der Waals surface area (Å²) in [6.07, 6.45) is 1.41. The summed E-state index contributed by atoms with van der Waals surface area (Å²) in [5, 5.41) is 6.21. The zero-order valence-corrected chi connectivity index (χ0v) is 13.3. The van der Waals surface area contributed by atoms with Gasteiger partial charge in [-0.2, -0.15) is 5.10 Å². The Morgan fingerprint density at radius 2 is 1.96 bits per heavy atom. The Labute approximate surface area is 143 Å². The molecule has 2 aromatic carbocycles. The summed E-state index contributed by atoms with van der Waals surface area (Å²) < 4.78 is 15.5. The van der Waals surface area contributed by atoms with Gasteiger partial charge in [0.1, 0.15) is 5.75 Å². The molecule has 0 saturated heterocycles. The molecule has 0 saturated carbocycles. The van der Waals surface area contributed by atoms with E-state index in [2.05, 4.69) is 15.8 Å². The molecule has 0 atom stereocenters. The number of benzene rings is 2. The van der Waals surface area contributed by atoms with E-state index in [4.69, 9.17) is 14.2 Å². The molecule has 0 aliphatic carbocycles. The minimum absolute atomic E-state index is 0.131. The second kappa shape index (κ2) is 7.35. The summed E-state index contributed by atoms with van der Waals surface area (Å²) in [5.41, 5.74) is 3.30. The minimum Gasteiger partial charge on any atom is -0.497 e. The van der Waals surface area contributed by atoms with Crippen LogP contribution in [-0.2, 0) is 9.59 Å². The van der Waals surface area contributed by atoms with Crippen LogP contribution in [0.1, 0.15) is 5.56 Å². The van der Waals surface area contributed by atoms with Crippen molar-refractivity contribution in [2.24, 2.45) is 5.10 Å². The topological polar surface area (TPSA) is 98.2 Å². The Morgan fingerprint density at radius 3 is 2.80 bits per heavy atom. The van der Waals surface area contributed by atoms with E-state index >= 15 is 0 Å². The zero-order valence-electron chi connectivity index (χ0n) is 13.3. The van der Waals surface area contributed by atoms with Gasteiger partial charge in [0.15, 0.2) is 11.5 Å². The standard InChI is InChI=1S/C17H15N3O5/c1-23-13-4-2-3-11(7-13)9-18-20-17(22)16(21)19-12-5-6-14-15(8-12)25-10-24-14/h2-9H,10H2,1H3,(H,19,21)(H,20,22)/b18-9-. The van der Waals surface area contributed by atoms with Crippen LogP contribution >= 0.6 is 0 Å². The molecule has 1 aliphatic heterocycles. The predicted octanol–water partition coefficient (Wildman–Crippen LogP) is 1.51. The van der Waals surface area contributed by atoms with Gasteiger partial charge in [0.2, 0.25) is 6.79 Å². The molecule has 0 aromatic heterocycles. The van der Waals surface area contributed by atoms with Crippen molar-refractivity contribution in [3.63, 3.8) is 0 Å². The van der Waals surface area contributed by atoms with Crippen molar-refractivity contribution in [2.75, 3.05) is 19.2 Å². The SMILES string of the molecule is COc1cccc(/C=N\NC(=O)C(=O)Nc2ccc3c(c2)OCO3)c1. The zero-order chi connectivity index (χ0) is 17.6. The number of ether oxygens (including phenoxy) is 3. The van der Waals surface area contributed by atoms with Gasteiger partial charge in [-0.05, 0) is 29.8 Å². The highest BCUT2D eigenvalue weighted by Gasteiger charge is 2.17. The lowest BCUT2D eigenvalue weighted by Gasteiger charge is -2.05. The number of hydrazone groups is 1. The minimum atomic E-state index is -0.892. The number of nitrogens with one attached hydrogen (secondary N) is 2. The fraction of sp³-hybridized carbons (Fsp3) is 0.118. The summed E-state index contributed by atoms with van der Waals surface area (Å²) in [4.78, 5) is 23.6. The lowest BCUT2D eigenvalue weighted by Crippen LogP contribution is -2.32. The molecule has 25 heavy (non-hydrogen) atoms. The second-order valence-electron chi connectivity index (χ2n) is 5.00. The van der Waals surface area contributed by atoms with E-state index in [1.165, 1.54) is 6.21 Å². The highest BCUT2D eigenvalue weighted by atomic mass is 16.7. The normalized spacial score (nSPS) is 12.0. The summed E-state index contributed by atoms with van der Waals surface area (Å²) in [7, 11) is 1.55. The van der Waals surface area contributed by atoms with Crippen LogP contribution in [0.2, 0.25) is 0 Å². The highest BCUT2D eigenvalue weighted by molar-refractivity contribution is 6.39. The molecule has 3 rings (SSSR count). The van der Waals surface area contributed by atoms with E-state index in [9.17, 15) is 9.59 Å². The van der Waals surface area contributed by atoms with E-state index in [-0.39, 0.29) is 6.79 Å². The van der Waals surface area contributed by atoms with Crippen molar-refractivity contribution in [3.8, 4) is 17.2 Å². The predicted molar refractivity (Wildman–Crippen MR) is 89.9 cm³/mol. The smallest absolute Gasteiger partial charge is 0.329 e. The van der Waals surface area contributed by atoms with Crippen molar-refractivity contribution in [3.05, 3.63) is 48.0 Å². The molecule has 0 spiro atoms. The molecular weight excluding hydrogens is 326 g/mol. The molecule has 0 bridgehead atoms. The number of carbonyl (C=O) groups excluding carboxylic acids is 2. The molecule has 2 amide bonds. The number of fused-ring (bicyclic) bond motifs is 1. The number of nitrogens with zero attached hydrogens (tertiary/aromatic N) is 1. The van der Waals surface area contributed by atoms with Gasteiger partial charge in [0.25, 0.3) is 0 Å². The number of hydrogen-bond donors (Lipinski definition) is 2. The Hall–Kier alpha value is -3.55. The van der Waals surface area contributed by atoms with Crippen molar-refractivity contribution >= 4 is 23.7 Å². The van der Waals surface area contributed by atoms with Crippen LogP contribution in [0.5, 0.6) is 17.2 Å². The molecule has 0 unspecified atom stereocenters. The Bertz CT molecular complexity index is 835. The average molecular weight is 341 g/mol. The number of hydrogen-bond acceptors (Lipinski definition) is 6. The molecule has 8 nitrogen and oxygen atoms in total. The third-order valence-corrected chi connectivity index (χ3v) is 3.31. The van der Waals surface area contributed by atoms with Crippen molar-refractivity contribution in [1.82, 2.24) is 5.43 Å². The molecule has 0 fully saturated rings. The third kappa shape index (κ3) is 4.05. The highest BCUT2D eigenvalue weighted by Crippen LogP contribution is 2.34. The maximum absolute atomic E-state index is 11.9. The van der Waals surface area contributed by atoms with Crippen LogP contribution < -0.4 is 25.0 Å². The van der Waals surface area contributed by atoms with E-state index in [1.54, 1.807) is 49.6 Å². The molecule has 128 valence electrons. The Morgan fingerprint density at radius 1 is 1.12 bits per heavy atom. The van der Waals surface area contributed by atoms with Crippen molar-refractivity contribution < 1.29 is 23.8 Å². The van der Waals surface area contributed by atoms with Crippen LogP contribution in [0.3, 0.4) is 0 Å². The first-order chi connectivity index (χ1) is 12.2. The van der Waals surface area contributed by atoms with E-state index in [0.29, 0.717) is 22.9 Å². The van der Waals surface area contributed by atoms with E-state index < -0.39 is 11.8 Å². The van der Waals surface area contributed by atoms with E-state index in [1.807, 2.05) is 0 Å². The Balaban J connectivity index is 1.55. The number of methoxy groups -OCH3 is 1. The quantitative estimate of drug-likeness (QED) is 0.499. The summed E-state index contributed by atoms with van der Waals surface area (Å²) in [6.45, 7) is 0.131. The van der Waals surface area contributed by atoms with Gasteiger partial charge < -0.3 is 19.5 Å². The number of anilines is 1. The van der Waals surface area contributed by atoms with Crippen LogP contribution in [0, 0.1) is 0 Å². The number of amides is 2. The van der Waals surface area contributed by atoms with Crippen LogP contribution in [0.15, 0.2) is 47.6 Å². The van der Waals surface area contributed by atoms with Gasteiger partial charge in [-0.3, -0.25) is 9.59 Å². The van der Waals surface area contributed by atoms with Gasteiger partial charge in [-0.25, -0.2) is 5.43 Å². The first kappa shape index (κ1) is 16.3. The van der Waals surface area contributed by atoms with Gasteiger partial charge in [-0.15, -0.1) is 0 Å². The molecule has 8 heteroatoms. The molecule has 1 aliphatic rings. The van der Waals surface area contributed by atoms with Gasteiger partial charge >= 0.3 is 11.8 Å². The second-order valence-corrected chi connectivity index (χ2v) is 5.00. The summed E-state index contributed by atoms with van der Waals surface area (Å²) in [5.74, 6) is 0.0221. The van der Waals surface area contributed by atoms with E-state index in [0.717, 1.165) is 5.56 Å². The Kier molecular flexibility index (Phi) is 4.79. The summed E-state index contributed by atoms with van der Waals surface area (Å²) in [6, 6.07) is 11.9. The molecular formula is C17H15N3O5. The maximum Gasteiger partial charge on any atom is 0.329 e. The van der Waals surface area contributed by atoms with Gasteiger partial charge in [0, 0.05) is 11.8 Å². The monoisotopic (exact) mass is 341 g/mol. The van der Waals surface area contributed by atoms with Gasteiger partial charge in [-0.1, -0.05) is 12.1 Å². The lowest BCUT2D eigenvalue weighted by atomic mass is 10.2.